The molecule has 0 aromatic heterocycles. The Bertz CT molecular complexity index is 1000. The van der Waals surface area contributed by atoms with Gasteiger partial charge in [-0.05, 0) is 67.1 Å². The van der Waals surface area contributed by atoms with Crippen molar-refractivity contribution in [2.75, 3.05) is 12.4 Å². The highest BCUT2D eigenvalue weighted by molar-refractivity contribution is 6.04. The second kappa shape index (κ2) is 9.37. The summed E-state index contributed by atoms with van der Waals surface area (Å²) in [5.74, 6) is 0.376. The number of nitrogens with one attached hydrogen (secondary N) is 1. The number of hydrogen-bond acceptors (Lipinski definition) is 4. The van der Waals surface area contributed by atoms with Crippen LogP contribution in [0.2, 0.25) is 0 Å². The number of methoxy groups -OCH3 is 1. The van der Waals surface area contributed by atoms with Crippen LogP contribution in [0.25, 0.3) is 6.08 Å². The van der Waals surface area contributed by atoms with Gasteiger partial charge in [0.1, 0.15) is 11.5 Å². The molecule has 3 rings (SSSR count). The largest absolute Gasteiger partial charge is 0.497 e. The molecule has 0 heterocycles. The molecule has 0 aliphatic heterocycles. The smallest absolute Gasteiger partial charge is 0.336 e. The van der Waals surface area contributed by atoms with Crippen LogP contribution < -0.4 is 14.8 Å². The number of amides is 1. The van der Waals surface area contributed by atoms with Crippen molar-refractivity contribution in [2.24, 2.45) is 0 Å². The van der Waals surface area contributed by atoms with Crippen LogP contribution in [0.5, 0.6) is 11.5 Å². The van der Waals surface area contributed by atoms with Crippen LogP contribution in [0.3, 0.4) is 0 Å². The molecule has 5 heteroatoms. The van der Waals surface area contributed by atoms with Gasteiger partial charge in [0, 0.05) is 17.3 Å². The van der Waals surface area contributed by atoms with E-state index < -0.39 is 5.97 Å². The molecule has 1 amide bonds. The quantitative estimate of drug-likeness (QED) is 0.372. The fraction of sp³-hybridized carbons (Fsp3) is 0.0833. The van der Waals surface area contributed by atoms with E-state index in [9.17, 15) is 9.59 Å². The molecule has 1 N–H and O–H groups in total. The van der Waals surface area contributed by atoms with Crippen molar-refractivity contribution in [1.29, 1.82) is 0 Å². The van der Waals surface area contributed by atoms with Gasteiger partial charge in [0.25, 0.3) is 5.91 Å². The lowest BCUT2D eigenvalue weighted by molar-refractivity contribution is -0.128. The monoisotopic (exact) mass is 387 g/mol. The van der Waals surface area contributed by atoms with Gasteiger partial charge in [-0.3, -0.25) is 4.79 Å². The summed E-state index contributed by atoms with van der Waals surface area (Å²) >= 11 is 0. The van der Waals surface area contributed by atoms with Gasteiger partial charge in [-0.1, -0.05) is 29.8 Å². The van der Waals surface area contributed by atoms with Crippen molar-refractivity contribution in [2.45, 2.75) is 6.92 Å². The maximum atomic E-state index is 12.3. The first-order valence-electron chi connectivity index (χ1n) is 9.05. The second-order valence-electron chi connectivity index (χ2n) is 6.37. The molecule has 0 fully saturated rings. The van der Waals surface area contributed by atoms with Crippen LogP contribution in [0, 0.1) is 6.92 Å². The fourth-order valence-electron chi connectivity index (χ4n) is 2.54. The van der Waals surface area contributed by atoms with Gasteiger partial charge in [-0.15, -0.1) is 0 Å². The number of anilines is 1. The summed E-state index contributed by atoms with van der Waals surface area (Å²) in [5, 5.41) is 2.83. The van der Waals surface area contributed by atoms with Crippen molar-refractivity contribution >= 4 is 23.6 Å². The molecule has 0 unspecified atom stereocenters. The van der Waals surface area contributed by atoms with Crippen molar-refractivity contribution in [1.82, 2.24) is 0 Å². The van der Waals surface area contributed by atoms with E-state index in [1.54, 1.807) is 37.5 Å². The average Bonchev–Trinajstić information content (AvgIpc) is 2.75. The maximum absolute atomic E-state index is 12.3. The Morgan fingerprint density at radius 2 is 1.45 bits per heavy atom. The van der Waals surface area contributed by atoms with Crippen molar-refractivity contribution < 1.29 is 19.1 Å². The van der Waals surface area contributed by atoms with Gasteiger partial charge in [-0.2, -0.15) is 0 Å². The third kappa shape index (κ3) is 5.81. The molecule has 0 aliphatic rings. The number of benzene rings is 3. The molecule has 3 aromatic rings. The minimum atomic E-state index is -0.502. The van der Waals surface area contributed by atoms with Crippen LogP contribution in [0.4, 0.5) is 5.69 Å². The Balaban J connectivity index is 1.56. The molecule has 5 nitrogen and oxygen atoms in total. The molecule has 0 spiro atoms. The maximum Gasteiger partial charge on any atom is 0.336 e. The number of carbonyl (C=O) groups is 2. The van der Waals surface area contributed by atoms with E-state index in [1.165, 1.54) is 6.08 Å². The molecule has 0 bridgehead atoms. The summed E-state index contributed by atoms with van der Waals surface area (Å²) in [6, 6.07) is 21.2. The number of rotatable bonds is 6. The predicted octanol–water partition coefficient (Wildman–Crippen LogP) is 4.87. The van der Waals surface area contributed by atoms with Gasteiger partial charge in [0.2, 0.25) is 0 Å². The van der Waals surface area contributed by atoms with Crippen molar-refractivity contribution in [3.8, 4) is 11.5 Å². The Hall–Kier alpha value is -3.86. The zero-order valence-electron chi connectivity index (χ0n) is 16.2. The Morgan fingerprint density at radius 1 is 0.828 bits per heavy atom. The van der Waals surface area contributed by atoms with Crippen molar-refractivity contribution in [3.05, 3.63) is 95.6 Å². The van der Waals surface area contributed by atoms with E-state index in [2.05, 4.69) is 5.32 Å². The highest BCUT2D eigenvalue weighted by Gasteiger charge is 2.07. The molecule has 0 aliphatic carbocycles. The van der Waals surface area contributed by atoms with Crippen LogP contribution >= 0.6 is 0 Å². The lowest BCUT2D eigenvalue weighted by atomic mass is 10.2. The number of esters is 1. The number of carbonyl (C=O) groups excluding carboxylic acids is 2. The normalized spacial score (nSPS) is 10.6. The summed E-state index contributed by atoms with van der Waals surface area (Å²) < 4.78 is 10.4. The van der Waals surface area contributed by atoms with E-state index in [4.69, 9.17) is 9.47 Å². The molecule has 146 valence electrons. The molecular formula is C24H21NO4. The first-order valence-corrected chi connectivity index (χ1v) is 9.05. The highest BCUT2D eigenvalue weighted by atomic mass is 16.5. The van der Waals surface area contributed by atoms with Crippen molar-refractivity contribution in [3.63, 3.8) is 0 Å². The number of hydrogen-bond donors (Lipinski definition) is 1. The van der Waals surface area contributed by atoms with Crippen LogP contribution in [-0.4, -0.2) is 19.0 Å². The third-order valence-corrected chi connectivity index (χ3v) is 4.17. The van der Waals surface area contributed by atoms with Gasteiger partial charge < -0.3 is 14.8 Å². The van der Waals surface area contributed by atoms with Gasteiger partial charge >= 0.3 is 5.97 Å². The first-order chi connectivity index (χ1) is 14.0. The SMILES string of the molecule is COc1ccc(/C=C/C(=O)Oc2ccc(C(=O)Nc3ccc(C)cc3)cc2)cc1. The zero-order valence-corrected chi connectivity index (χ0v) is 16.2. The molecule has 3 aromatic carbocycles. The lowest BCUT2D eigenvalue weighted by Gasteiger charge is -2.07. The zero-order chi connectivity index (χ0) is 20.6. The summed E-state index contributed by atoms with van der Waals surface area (Å²) in [5.41, 5.74) is 3.17. The summed E-state index contributed by atoms with van der Waals surface area (Å²) in [6.07, 6.45) is 3.00. The van der Waals surface area contributed by atoms with E-state index >= 15 is 0 Å². The molecule has 0 atom stereocenters. The predicted molar refractivity (Wildman–Crippen MR) is 113 cm³/mol. The van der Waals surface area contributed by atoms with E-state index in [1.807, 2.05) is 55.5 Å². The highest BCUT2D eigenvalue weighted by Crippen LogP contribution is 2.16. The summed E-state index contributed by atoms with van der Waals surface area (Å²) in [7, 11) is 1.60. The lowest BCUT2D eigenvalue weighted by Crippen LogP contribution is -2.12. The summed E-state index contributed by atoms with van der Waals surface area (Å²) in [4.78, 5) is 24.3. The van der Waals surface area contributed by atoms with Gasteiger partial charge in [0.15, 0.2) is 0 Å². The Labute approximate surface area is 169 Å². The number of aryl methyl sites for hydroxylation is 1. The molecule has 0 radical (unpaired) electrons. The Morgan fingerprint density at radius 3 is 2.07 bits per heavy atom. The van der Waals surface area contributed by atoms with Crippen LogP contribution in [-0.2, 0) is 4.79 Å². The molecular weight excluding hydrogens is 366 g/mol. The van der Waals surface area contributed by atoms with Gasteiger partial charge in [0.05, 0.1) is 7.11 Å². The fourth-order valence-corrected chi connectivity index (χ4v) is 2.54. The number of ether oxygens (including phenoxy) is 2. The van der Waals surface area contributed by atoms with E-state index in [-0.39, 0.29) is 5.91 Å². The van der Waals surface area contributed by atoms with Crippen LogP contribution in [0.1, 0.15) is 21.5 Å². The third-order valence-electron chi connectivity index (χ3n) is 4.17. The minimum Gasteiger partial charge on any atom is -0.497 e. The van der Waals surface area contributed by atoms with E-state index in [0.29, 0.717) is 11.3 Å². The summed E-state index contributed by atoms with van der Waals surface area (Å²) in [6.45, 7) is 1.98. The van der Waals surface area contributed by atoms with E-state index in [0.717, 1.165) is 22.6 Å². The van der Waals surface area contributed by atoms with Gasteiger partial charge in [-0.25, -0.2) is 4.79 Å². The van der Waals surface area contributed by atoms with Crippen LogP contribution in [0.15, 0.2) is 78.9 Å². The Kier molecular flexibility index (Phi) is 6.43. The first kappa shape index (κ1) is 19.9. The topological polar surface area (TPSA) is 64.6 Å². The molecule has 0 saturated heterocycles. The molecule has 29 heavy (non-hydrogen) atoms. The standard InChI is InChI=1S/C24H21NO4/c1-17-3-10-20(11-4-17)25-24(27)19-8-14-22(15-9-19)29-23(26)16-7-18-5-12-21(28-2)13-6-18/h3-16H,1-2H3,(H,25,27)/b16-7+. The second-order valence-corrected chi connectivity index (χ2v) is 6.37. The minimum absolute atomic E-state index is 0.230. The molecule has 0 saturated carbocycles. The average molecular weight is 387 g/mol.